The molecule has 13 heteroatoms. The van der Waals surface area contributed by atoms with Crippen LogP contribution in [0.3, 0.4) is 0 Å². The summed E-state index contributed by atoms with van der Waals surface area (Å²) >= 11 is 0. The molecule has 1 amide bonds. The molecule has 5 rings (SSSR count). The Balaban J connectivity index is 1.20. The first kappa shape index (κ1) is 23.3. The van der Waals surface area contributed by atoms with Gasteiger partial charge in [-0.05, 0) is 24.3 Å². The van der Waals surface area contributed by atoms with E-state index in [1.54, 1.807) is 41.3 Å². The molecule has 0 saturated carbocycles. The Hall–Kier alpha value is -3.42. The van der Waals surface area contributed by atoms with Gasteiger partial charge in [-0.25, -0.2) is 18.1 Å². The number of carbonyl (C=O) groups is 1. The van der Waals surface area contributed by atoms with E-state index in [0.717, 1.165) is 4.68 Å². The second kappa shape index (κ2) is 9.68. The normalized spacial score (nSPS) is 17.6. The molecule has 4 heterocycles. The van der Waals surface area contributed by atoms with Crippen LogP contribution in [0.5, 0.6) is 0 Å². The van der Waals surface area contributed by atoms with Crippen molar-refractivity contribution in [3.63, 3.8) is 0 Å². The quantitative estimate of drug-likeness (QED) is 0.458. The van der Waals surface area contributed by atoms with Crippen molar-refractivity contribution in [3.05, 3.63) is 52.9 Å². The standard InChI is InChI=1S/C22H25N7O5S/c30-21(16-29-22(31)18-3-1-2-4-19(18)24-25-29)27-9-7-26(8-10-27)20-6-5-17(15-23-20)35(32,33)28-11-13-34-14-12-28/h1-6,15H,7-14,16H2. The van der Waals surface area contributed by atoms with Crippen LogP contribution in [0.4, 0.5) is 5.82 Å². The van der Waals surface area contributed by atoms with E-state index < -0.39 is 10.0 Å². The van der Waals surface area contributed by atoms with E-state index in [-0.39, 0.29) is 22.9 Å². The predicted octanol–water partition coefficient (Wildman–Crippen LogP) is -0.444. The molecule has 0 unspecified atom stereocenters. The number of amides is 1. The smallest absolute Gasteiger partial charge is 0.278 e. The van der Waals surface area contributed by atoms with E-state index in [0.29, 0.717) is 69.2 Å². The minimum Gasteiger partial charge on any atom is -0.379 e. The van der Waals surface area contributed by atoms with Crippen molar-refractivity contribution in [3.8, 4) is 0 Å². The first-order valence-corrected chi connectivity index (χ1v) is 12.8. The van der Waals surface area contributed by atoms with Gasteiger partial charge >= 0.3 is 0 Å². The fourth-order valence-corrected chi connectivity index (χ4v) is 5.54. The van der Waals surface area contributed by atoms with Gasteiger partial charge in [-0.15, -0.1) is 5.10 Å². The first-order chi connectivity index (χ1) is 16.9. The number of rotatable bonds is 5. The monoisotopic (exact) mass is 499 g/mol. The van der Waals surface area contributed by atoms with Crippen LogP contribution < -0.4 is 10.5 Å². The second-order valence-corrected chi connectivity index (χ2v) is 10.2. The van der Waals surface area contributed by atoms with Crippen molar-refractivity contribution in [2.75, 3.05) is 57.4 Å². The summed E-state index contributed by atoms with van der Waals surface area (Å²) in [6.07, 6.45) is 1.38. The van der Waals surface area contributed by atoms with Gasteiger partial charge in [0.05, 0.1) is 18.6 Å². The molecule has 0 spiro atoms. The van der Waals surface area contributed by atoms with E-state index >= 15 is 0 Å². The third-order valence-corrected chi connectivity index (χ3v) is 8.08. The highest BCUT2D eigenvalue weighted by molar-refractivity contribution is 7.89. The Morgan fingerprint density at radius 1 is 0.971 bits per heavy atom. The molecule has 3 aromatic rings. The first-order valence-electron chi connectivity index (χ1n) is 11.3. The van der Waals surface area contributed by atoms with Gasteiger partial charge in [-0.3, -0.25) is 9.59 Å². The molecule has 12 nitrogen and oxygen atoms in total. The molecule has 2 saturated heterocycles. The minimum atomic E-state index is -3.60. The fraction of sp³-hybridized carbons (Fsp3) is 0.409. The number of hydrogen-bond donors (Lipinski definition) is 0. The van der Waals surface area contributed by atoms with Crippen LogP contribution in [0.2, 0.25) is 0 Å². The number of aromatic nitrogens is 4. The van der Waals surface area contributed by atoms with Gasteiger partial charge in [0.15, 0.2) is 0 Å². The van der Waals surface area contributed by atoms with Crippen LogP contribution in [0.15, 0.2) is 52.3 Å². The zero-order valence-corrected chi connectivity index (χ0v) is 19.8. The lowest BCUT2D eigenvalue weighted by Crippen LogP contribution is -2.50. The number of nitrogens with zero attached hydrogens (tertiary/aromatic N) is 7. The summed E-state index contributed by atoms with van der Waals surface area (Å²) in [5.41, 5.74) is 0.144. The van der Waals surface area contributed by atoms with Crippen molar-refractivity contribution in [2.24, 2.45) is 0 Å². The van der Waals surface area contributed by atoms with Gasteiger partial charge in [-0.2, -0.15) is 4.31 Å². The van der Waals surface area contributed by atoms with Gasteiger partial charge in [-0.1, -0.05) is 17.3 Å². The number of sulfonamides is 1. The number of benzene rings is 1. The molecule has 2 aliphatic heterocycles. The molecule has 184 valence electrons. The molecule has 2 fully saturated rings. The summed E-state index contributed by atoms with van der Waals surface area (Å²) in [4.78, 5) is 33.6. The summed E-state index contributed by atoms with van der Waals surface area (Å²) in [7, 11) is -3.60. The summed E-state index contributed by atoms with van der Waals surface area (Å²) in [5, 5.41) is 8.33. The summed E-state index contributed by atoms with van der Waals surface area (Å²) in [6, 6.07) is 10.1. The Morgan fingerprint density at radius 2 is 1.71 bits per heavy atom. The lowest BCUT2D eigenvalue weighted by Gasteiger charge is -2.35. The number of carbonyl (C=O) groups excluding carboxylic acids is 1. The van der Waals surface area contributed by atoms with Crippen molar-refractivity contribution >= 4 is 32.7 Å². The molecular formula is C22H25N7O5S. The predicted molar refractivity (Wildman–Crippen MR) is 126 cm³/mol. The van der Waals surface area contributed by atoms with Gasteiger partial charge in [0.2, 0.25) is 15.9 Å². The van der Waals surface area contributed by atoms with Crippen LogP contribution in [0, 0.1) is 0 Å². The highest BCUT2D eigenvalue weighted by Gasteiger charge is 2.27. The van der Waals surface area contributed by atoms with Crippen molar-refractivity contribution in [2.45, 2.75) is 11.4 Å². The number of piperazine rings is 1. The van der Waals surface area contributed by atoms with Gasteiger partial charge in [0.1, 0.15) is 22.8 Å². The van der Waals surface area contributed by atoms with Crippen LogP contribution in [0.1, 0.15) is 0 Å². The summed E-state index contributed by atoms with van der Waals surface area (Å²) in [5.74, 6) is 0.436. The van der Waals surface area contributed by atoms with E-state index in [4.69, 9.17) is 4.74 Å². The zero-order valence-electron chi connectivity index (χ0n) is 19.0. The largest absolute Gasteiger partial charge is 0.379 e. The molecule has 2 aliphatic rings. The molecule has 0 atom stereocenters. The molecule has 0 bridgehead atoms. The van der Waals surface area contributed by atoms with Crippen molar-refractivity contribution < 1.29 is 17.9 Å². The number of hydrogen-bond acceptors (Lipinski definition) is 9. The average Bonchev–Trinajstić information content (AvgIpc) is 2.91. The molecule has 35 heavy (non-hydrogen) atoms. The van der Waals surface area contributed by atoms with Crippen LogP contribution in [0.25, 0.3) is 10.9 Å². The Bertz CT molecular complexity index is 1380. The molecule has 0 aliphatic carbocycles. The van der Waals surface area contributed by atoms with Crippen LogP contribution in [-0.2, 0) is 26.1 Å². The summed E-state index contributed by atoms with van der Waals surface area (Å²) < 4.78 is 33.3. The number of ether oxygens (including phenoxy) is 1. The van der Waals surface area contributed by atoms with Gasteiger partial charge < -0.3 is 14.5 Å². The number of fused-ring (bicyclic) bond motifs is 1. The van der Waals surface area contributed by atoms with E-state index in [1.807, 2.05) is 4.90 Å². The SMILES string of the molecule is O=C(Cn1nnc2ccccc2c1=O)N1CCN(c2ccc(S(=O)(=O)N3CCOCC3)cn2)CC1. The minimum absolute atomic E-state index is 0.152. The zero-order chi connectivity index (χ0) is 24.4. The van der Waals surface area contributed by atoms with E-state index in [9.17, 15) is 18.0 Å². The van der Waals surface area contributed by atoms with Crippen LogP contribution >= 0.6 is 0 Å². The van der Waals surface area contributed by atoms with E-state index in [1.165, 1.54) is 10.5 Å². The maximum Gasteiger partial charge on any atom is 0.278 e. The molecule has 2 aromatic heterocycles. The Labute approximate surface area is 201 Å². The third kappa shape index (κ3) is 4.74. The van der Waals surface area contributed by atoms with Gasteiger partial charge in [0, 0.05) is 45.5 Å². The molecular weight excluding hydrogens is 474 g/mol. The Kier molecular flexibility index (Phi) is 6.45. The lowest BCUT2D eigenvalue weighted by atomic mass is 10.2. The average molecular weight is 500 g/mol. The fourth-order valence-electron chi connectivity index (χ4n) is 4.19. The molecule has 1 aromatic carbocycles. The number of pyridine rings is 1. The van der Waals surface area contributed by atoms with Crippen molar-refractivity contribution in [1.29, 1.82) is 0 Å². The summed E-state index contributed by atoms with van der Waals surface area (Å²) in [6.45, 7) is 3.22. The maximum atomic E-state index is 12.8. The highest BCUT2D eigenvalue weighted by Crippen LogP contribution is 2.20. The highest BCUT2D eigenvalue weighted by atomic mass is 32.2. The Morgan fingerprint density at radius 3 is 2.43 bits per heavy atom. The number of anilines is 1. The van der Waals surface area contributed by atoms with E-state index in [2.05, 4.69) is 15.3 Å². The molecule has 0 radical (unpaired) electrons. The topological polar surface area (TPSA) is 131 Å². The third-order valence-electron chi connectivity index (χ3n) is 6.20. The van der Waals surface area contributed by atoms with Gasteiger partial charge in [0.25, 0.3) is 5.56 Å². The maximum absolute atomic E-state index is 12.8. The van der Waals surface area contributed by atoms with Crippen molar-refractivity contribution in [1.82, 2.24) is 29.2 Å². The lowest BCUT2D eigenvalue weighted by molar-refractivity contribution is -0.132. The molecule has 0 N–H and O–H groups in total. The second-order valence-electron chi connectivity index (χ2n) is 8.31. The number of morpholine rings is 1. The van der Waals surface area contributed by atoms with Crippen LogP contribution in [-0.4, -0.2) is 96.0 Å².